The van der Waals surface area contributed by atoms with Crippen LogP contribution in [-0.4, -0.2) is 24.8 Å². The minimum absolute atomic E-state index is 0.0100. The number of hydrogen-bond acceptors (Lipinski definition) is 4. The summed E-state index contributed by atoms with van der Waals surface area (Å²) < 4.78 is 22.5. The van der Waals surface area contributed by atoms with E-state index in [4.69, 9.17) is 0 Å². The molecule has 0 saturated heterocycles. The standard InChI is InChI=1S/C10H11NO4S/c1-16(14,15)10-6-9(10)7-2-4-8(5-3-7)11(12)13/h2-5,9-10H,6H2,1H3/t9-,10-/m1/s1. The van der Waals surface area contributed by atoms with Gasteiger partial charge in [-0.05, 0) is 12.0 Å². The van der Waals surface area contributed by atoms with Gasteiger partial charge in [-0.15, -0.1) is 0 Å². The second-order valence-corrected chi connectivity index (χ2v) is 6.32. The Hall–Kier alpha value is -1.43. The van der Waals surface area contributed by atoms with Crippen molar-refractivity contribution in [1.29, 1.82) is 0 Å². The lowest BCUT2D eigenvalue weighted by molar-refractivity contribution is -0.384. The highest BCUT2D eigenvalue weighted by Crippen LogP contribution is 2.45. The van der Waals surface area contributed by atoms with Crippen molar-refractivity contribution in [3.63, 3.8) is 0 Å². The first kappa shape index (κ1) is 11.1. The van der Waals surface area contributed by atoms with E-state index in [9.17, 15) is 18.5 Å². The maximum Gasteiger partial charge on any atom is 0.269 e. The summed E-state index contributed by atoms with van der Waals surface area (Å²) in [6.45, 7) is 0. The van der Waals surface area contributed by atoms with Gasteiger partial charge in [-0.1, -0.05) is 12.1 Å². The van der Waals surface area contributed by atoms with Crippen LogP contribution in [0.4, 0.5) is 5.69 Å². The fourth-order valence-electron chi connectivity index (χ4n) is 1.84. The lowest BCUT2D eigenvalue weighted by Gasteiger charge is -1.99. The van der Waals surface area contributed by atoms with Gasteiger partial charge in [0.15, 0.2) is 9.84 Å². The number of nitrogens with zero attached hydrogens (tertiary/aromatic N) is 1. The van der Waals surface area contributed by atoms with Crippen LogP contribution in [0.2, 0.25) is 0 Å². The maximum absolute atomic E-state index is 11.2. The number of benzene rings is 1. The first-order chi connectivity index (χ1) is 7.39. The first-order valence-corrected chi connectivity index (χ1v) is 6.78. The lowest BCUT2D eigenvalue weighted by atomic mass is 10.1. The molecule has 1 aliphatic carbocycles. The molecule has 0 spiro atoms. The fourth-order valence-corrected chi connectivity index (χ4v) is 3.15. The second kappa shape index (κ2) is 3.55. The van der Waals surface area contributed by atoms with Crippen LogP contribution in [0.1, 0.15) is 17.9 Å². The van der Waals surface area contributed by atoms with E-state index in [-0.39, 0.29) is 16.9 Å². The summed E-state index contributed by atoms with van der Waals surface area (Å²) in [6, 6.07) is 6.09. The van der Waals surface area contributed by atoms with Crippen LogP contribution in [0.25, 0.3) is 0 Å². The summed E-state index contributed by atoms with van der Waals surface area (Å²) in [5.41, 5.74) is 0.890. The Bertz CT molecular complexity index is 520. The van der Waals surface area contributed by atoms with E-state index in [2.05, 4.69) is 0 Å². The van der Waals surface area contributed by atoms with Gasteiger partial charge in [0.05, 0.1) is 10.2 Å². The Labute approximate surface area is 93.2 Å². The van der Waals surface area contributed by atoms with Crippen molar-refractivity contribution in [3.8, 4) is 0 Å². The van der Waals surface area contributed by atoms with Gasteiger partial charge in [0, 0.05) is 24.3 Å². The van der Waals surface area contributed by atoms with Crippen LogP contribution in [0.3, 0.4) is 0 Å². The average Bonchev–Trinajstić information content (AvgIpc) is 2.96. The molecular formula is C10H11NO4S. The number of non-ortho nitro benzene ring substituents is 1. The number of rotatable bonds is 3. The van der Waals surface area contributed by atoms with Crippen molar-refractivity contribution in [1.82, 2.24) is 0 Å². The molecule has 1 aromatic carbocycles. The monoisotopic (exact) mass is 241 g/mol. The van der Waals surface area contributed by atoms with Crippen molar-refractivity contribution in [3.05, 3.63) is 39.9 Å². The predicted octanol–water partition coefficient (Wildman–Crippen LogP) is 1.50. The topological polar surface area (TPSA) is 77.3 Å². The Morgan fingerprint density at radius 1 is 1.31 bits per heavy atom. The summed E-state index contributed by atoms with van der Waals surface area (Å²) in [7, 11) is -2.99. The molecular weight excluding hydrogens is 230 g/mol. The molecule has 0 aromatic heterocycles. The molecule has 86 valence electrons. The van der Waals surface area contributed by atoms with Gasteiger partial charge in [-0.2, -0.15) is 0 Å². The fraction of sp³-hybridized carbons (Fsp3) is 0.400. The molecule has 6 heteroatoms. The molecule has 1 fully saturated rings. The third kappa shape index (κ3) is 2.06. The second-order valence-electron chi connectivity index (χ2n) is 4.06. The molecule has 0 N–H and O–H groups in total. The Morgan fingerprint density at radius 3 is 2.25 bits per heavy atom. The van der Waals surface area contributed by atoms with Crippen LogP contribution < -0.4 is 0 Å². The molecule has 2 atom stereocenters. The van der Waals surface area contributed by atoms with Crippen molar-refractivity contribution in [2.75, 3.05) is 6.26 Å². The zero-order valence-electron chi connectivity index (χ0n) is 8.66. The smallest absolute Gasteiger partial charge is 0.258 e. The third-order valence-corrected chi connectivity index (χ3v) is 4.43. The Morgan fingerprint density at radius 2 is 1.88 bits per heavy atom. The first-order valence-electron chi connectivity index (χ1n) is 4.83. The van der Waals surface area contributed by atoms with E-state index >= 15 is 0 Å². The summed E-state index contributed by atoms with van der Waals surface area (Å²) in [5, 5.41) is 10.1. The molecule has 16 heavy (non-hydrogen) atoms. The molecule has 0 radical (unpaired) electrons. The molecule has 1 aromatic rings. The van der Waals surface area contributed by atoms with Crippen LogP contribution in [0, 0.1) is 10.1 Å². The average molecular weight is 241 g/mol. The van der Waals surface area contributed by atoms with E-state index in [0.29, 0.717) is 6.42 Å². The molecule has 0 heterocycles. The number of nitro groups is 1. The maximum atomic E-state index is 11.2. The lowest BCUT2D eigenvalue weighted by Crippen LogP contribution is -2.05. The van der Waals surface area contributed by atoms with Gasteiger partial charge >= 0.3 is 0 Å². The highest BCUT2D eigenvalue weighted by molar-refractivity contribution is 7.91. The van der Waals surface area contributed by atoms with Crippen LogP contribution in [-0.2, 0) is 9.84 Å². The summed E-state index contributed by atoms with van der Waals surface area (Å²) >= 11 is 0. The van der Waals surface area contributed by atoms with E-state index in [1.54, 1.807) is 12.1 Å². The molecule has 0 unspecified atom stereocenters. The number of hydrogen-bond donors (Lipinski definition) is 0. The summed E-state index contributed by atoms with van der Waals surface area (Å²) in [5.74, 6) is 0.0100. The van der Waals surface area contributed by atoms with Gasteiger partial charge in [-0.25, -0.2) is 8.42 Å². The number of nitro benzene ring substituents is 1. The van der Waals surface area contributed by atoms with Crippen LogP contribution >= 0.6 is 0 Å². The number of sulfone groups is 1. The molecule has 2 rings (SSSR count). The van der Waals surface area contributed by atoms with Crippen molar-refractivity contribution < 1.29 is 13.3 Å². The van der Waals surface area contributed by atoms with Gasteiger partial charge in [0.25, 0.3) is 5.69 Å². The minimum Gasteiger partial charge on any atom is -0.258 e. The highest BCUT2D eigenvalue weighted by Gasteiger charge is 2.45. The normalized spacial score (nSPS) is 24.1. The van der Waals surface area contributed by atoms with Crippen LogP contribution in [0.5, 0.6) is 0 Å². The van der Waals surface area contributed by atoms with Gasteiger partial charge in [0.2, 0.25) is 0 Å². The summed E-state index contributed by atoms with van der Waals surface area (Å²) in [6.07, 6.45) is 1.85. The Balaban J connectivity index is 2.17. The SMILES string of the molecule is CS(=O)(=O)[C@@H]1C[C@@H]1c1ccc([N+](=O)[O-])cc1. The molecule has 0 amide bonds. The molecule has 0 aliphatic heterocycles. The molecule has 1 aliphatic rings. The Kier molecular flexibility index (Phi) is 2.46. The van der Waals surface area contributed by atoms with Gasteiger partial charge in [-0.3, -0.25) is 10.1 Å². The van der Waals surface area contributed by atoms with E-state index in [1.807, 2.05) is 0 Å². The molecule has 5 nitrogen and oxygen atoms in total. The van der Waals surface area contributed by atoms with Crippen molar-refractivity contribution in [2.24, 2.45) is 0 Å². The van der Waals surface area contributed by atoms with Crippen molar-refractivity contribution >= 4 is 15.5 Å². The zero-order valence-corrected chi connectivity index (χ0v) is 9.48. The molecule has 0 bridgehead atoms. The van der Waals surface area contributed by atoms with E-state index < -0.39 is 14.8 Å². The highest BCUT2D eigenvalue weighted by atomic mass is 32.2. The van der Waals surface area contributed by atoms with Crippen molar-refractivity contribution in [2.45, 2.75) is 17.6 Å². The van der Waals surface area contributed by atoms with Gasteiger partial charge < -0.3 is 0 Å². The zero-order chi connectivity index (χ0) is 11.9. The van der Waals surface area contributed by atoms with E-state index in [1.165, 1.54) is 18.4 Å². The summed E-state index contributed by atoms with van der Waals surface area (Å²) in [4.78, 5) is 9.96. The van der Waals surface area contributed by atoms with Gasteiger partial charge in [0.1, 0.15) is 0 Å². The third-order valence-electron chi connectivity index (χ3n) is 2.81. The minimum atomic E-state index is -2.99. The van der Waals surface area contributed by atoms with Crippen LogP contribution in [0.15, 0.2) is 24.3 Å². The predicted molar refractivity (Wildman–Crippen MR) is 59.1 cm³/mol. The largest absolute Gasteiger partial charge is 0.269 e. The van der Waals surface area contributed by atoms with E-state index in [0.717, 1.165) is 5.56 Å². The quantitative estimate of drug-likeness (QED) is 0.593. The molecule has 1 saturated carbocycles.